The molecule has 0 radical (unpaired) electrons. The summed E-state index contributed by atoms with van der Waals surface area (Å²) in [4.78, 5) is 27.5. The number of hydrogen-bond acceptors (Lipinski definition) is 5. The van der Waals surface area contributed by atoms with Crippen LogP contribution in [0.5, 0.6) is 0 Å². The molecule has 0 saturated heterocycles. The lowest BCUT2D eigenvalue weighted by atomic mass is 9.92. The molecule has 0 fully saturated rings. The van der Waals surface area contributed by atoms with Crippen LogP contribution in [-0.4, -0.2) is 50.2 Å². The van der Waals surface area contributed by atoms with Crippen LogP contribution in [0.3, 0.4) is 0 Å². The van der Waals surface area contributed by atoms with E-state index in [2.05, 4.69) is 46.6 Å². The van der Waals surface area contributed by atoms with Crippen molar-refractivity contribution in [1.82, 2.24) is 4.90 Å². The first-order valence-corrected chi connectivity index (χ1v) is 23.4. The van der Waals surface area contributed by atoms with Crippen LogP contribution in [0.25, 0.3) is 0 Å². The van der Waals surface area contributed by atoms with Crippen LogP contribution in [0.15, 0.2) is 0 Å². The molecule has 310 valence electrons. The molecule has 0 aliphatic rings. The van der Waals surface area contributed by atoms with Crippen molar-refractivity contribution in [3.8, 4) is 0 Å². The predicted octanol–water partition coefficient (Wildman–Crippen LogP) is 14.4. The smallest absolute Gasteiger partial charge is 0.306 e. The predicted molar refractivity (Wildman–Crippen MR) is 226 cm³/mol. The van der Waals surface area contributed by atoms with E-state index >= 15 is 0 Å². The van der Waals surface area contributed by atoms with E-state index < -0.39 is 0 Å². The maximum Gasteiger partial charge on any atom is 0.306 e. The molecular weight excluding hydrogens is 643 g/mol. The summed E-state index contributed by atoms with van der Waals surface area (Å²) in [6, 6.07) is 0. The quantitative estimate of drug-likeness (QED) is 0.0462. The Morgan fingerprint density at radius 2 is 0.692 bits per heavy atom. The minimum absolute atomic E-state index is 0.0354. The SMILES string of the molecule is CCCCCC(CCCCC)CC(=O)OCCCCCCCCCC(CCCCCCCOC(=O)CC(CCCCC)CCCCC)CN(C)CC. The summed E-state index contributed by atoms with van der Waals surface area (Å²) in [7, 11) is 2.27. The van der Waals surface area contributed by atoms with Gasteiger partial charge in [0.2, 0.25) is 0 Å². The fourth-order valence-electron chi connectivity index (χ4n) is 7.77. The van der Waals surface area contributed by atoms with Crippen molar-refractivity contribution in [2.75, 3.05) is 33.4 Å². The molecular formula is C47H93NO4. The highest BCUT2D eigenvalue weighted by Crippen LogP contribution is 2.24. The summed E-state index contributed by atoms with van der Waals surface area (Å²) >= 11 is 0. The summed E-state index contributed by atoms with van der Waals surface area (Å²) in [6.07, 6.45) is 38.6. The first-order chi connectivity index (χ1) is 25.4. The average molecular weight is 736 g/mol. The van der Waals surface area contributed by atoms with Gasteiger partial charge < -0.3 is 14.4 Å². The van der Waals surface area contributed by atoms with E-state index in [-0.39, 0.29) is 11.9 Å². The van der Waals surface area contributed by atoms with Gasteiger partial charge in [-0.05, 0) is 82.7 Å². The lowest BCUT2D eigenvalue weighted by Crippen LogP contribution is -2.25. The molecule has 0 aliphatic heterocycles. The number of esters is 2. The van der Waals surface area contributed by atoms with Crippen LogP contribution in [0.1, 0.15) is 240 Å². The number of ether oxygens (including phenoxy) is 2. The summed E-state index contributed by atoms with van der Waals surface area (Å²) < 4.78 is 11.3. The van der Waals surface area contributed by atoms with E-state index in [1.807, 2.05) is 0 Å². The van der Waals surface area contributed by atoms with E-state index in [9.17, 15) is 9.59 Å². The van der Waals surface area contributed by atoms with Gasteiger partial charge in [-0.1, -0.05) is 176 Å². The van der Waals surface area contributed by atoms with E-state index in [1.165, 1.54) is 186 Å². The first-order valence-electron chi connectivity index (χ1n) is 23.4. The van der Waals surface area contributed by atoms with Crippen LogP contribution in [-0.2, 0) is 19.1 Å². The van der Waals surface area contributed by atoms with Gasteiger partial charge in [0.05, 0.1) is 13.2 Å². The molecule has 5 nitrogen and oxygen atoms in total. The Morgan fingerprint density at radius 3 is 1.02 bits per heavy atom. The Kier molecular flexibility index (Phi) is 38.8. The van der Waals surface area contributed by atoms with Gasteiger partial charge in [-0.15, -0.1) is 0 Å². The Hall–Kier alpha value is -1.10. The summed E-state index contributed by atoms with van der Waals surface area (Å²) in [5.74, 6) is 1.91. The second kappa shape index (κ2) is 39.6. The lowest BCUT2D eigenvalue weighted by Gasteiger charge is -2.23. The molecule has 0 heterocycles. The third kappa shape index (κ3) is 34.7. The third-order valence-corrected chi connectivity index (χ3v) is 11.4. The molecule has 0 saturated carbocycles. The molecule has 0 spiro atoms. The van der Waals surface area contributed by atoms with Gasteiger partial charge in [0.15, 0.2) is 0 Å². The van der Waals surface area contributed by atoms with Crippen molar-refractivity contribution < 1.29 is 19.1 Å². The van der Waals surface area contributed by atoms with Crippen molar-refractivity contribution in [3.05, 3.63) is 0 Å². The van der Waals surface area contributed by atoms with Crippen molar-refractivity contribution in [2.45, 2.75) is 240 Å². The normalized spacial score (nSPS) is 12.3. The Bertz CT molecular complexity index is 738. The van der Waals surface area contributed by atoms with E-state index in [0.29, 0.717) is 37.9 Å². The third-order valence-electron chi connectivity index (χ3n) is 11.4. The van der Waals surface area contributed by atoms with Gasteiger partial charge in [0.1, 0.15) is 0 Å². The van der Waals surface area contributed by atoms with E-state index in [1.54, 1.807) is 0 Å². The van der Waals surface area contributed by atoms with Crippen LogP contribution < -0.4 is 0 Å². The topological polar surface area (TPSA) is 55.8 Å². The van der Waals surface area contributed by atoms with Gasteiger partial charge in [-0.3, -0.25) is 9.59 Å². The van der Waals surface area contributed by atoms with E-state index in [4.69, 9.17) is 9.47 Å². The Morgan fingerprint density at radius 1 is 0.404 bits per heavy atom. The average Bonchev–Trinajstić information content (AvgIpc) is 3.13. The van der Waals surface area contributed by atoms with Crippen LogP contribution in [0.2, 0.25) is 0 Å². The van der Waals surface area contributed by atoms with Crippen molar-refractivity contribution in [1.29, 1.82) is 0 Å². The monoisotopic (exact) mass is 736 g/mol. The number of nitrogens with zero attached hydrogens (tertiary/aromatic N) is 1. The number of rotatable bonds is 41. The van der Waals surface area contributed by atoms with Gasteiger partial charge in [-0.2, -0.15) is 0 Å². The standard InChI is InChI=1S/C47H93NO4/c1-7-12-24-32-43(33-25-13-8-2)40-46(49)51-38-30-22-18-16-17-20-28-36-45(42-48(6)11-5)37-29-21-19-23-31-39-52-47(50)41-44(34-26-14-9-3)35-27-15-10-4/h43-45H,7-42H2,1-6H3. The Labute approximate surface area is 326 Å². The molecule has 0 bridgehead atoms. The number of unbranched alkanes of at least 4 members (excludes halogenated alkanes) is 18. The maximum atomic E-state index is 12.5. The van der Waals surface area contributed by atoms with Crippen molar-refractivity contribution in [2.24, 2.45) is 17.8 Å². The second-order valence-electron chi connectivity index (χ2n) is 16.6. The van der Waals surface area contributed by atoms with Gasteiger partial charge in [0.25, 0.3) is 0 Å². The number of carbonyl (C=O) groups is 2. The molecule has 0 aliphatic carbocycles. The molecule has 0 aromatic rings. The molecule has 52 heavy (non-hydrogen) atoms. The maximum absolute atomic E-state index is 12.5. The minimum atomic E-state index is 0.0354. The molecule has 1 unspecified atom stereocenters. The van der Waals surface area contributed by atoms with Gasteiger partial charge in [-0.25, -0.2) is 0 Å². The number of hydrogen-bond donors (Lipinski definition) is 0. The molecule has 0 N–H and O–H groups in total. The van der Waals surface area contributed by atoms with Gasteiger partial charge in [0, 0.05) is 19.4 Å². The first kappa shape index (κ1) is 50.9. The van der Waals surface area contributed by atoms with Crippen LogP contribution >= 0.6 is 0 Å². The molecule has 0 amide bonds. The second-order valence-corrected chi connectivity index (χ2v) is 16.6. The highest BCUT2D eigenvalue weighted by molar-refractivity contribution is 5.70. The van der Waals surface area contributed by atoms with Crippen LogP contribution in [0, 0.1) is 17.8 Å². The number of carbonyl (C=O) groups excluding carboxylic acids is 2. The summed E-state index contributed by atoms with van der Waals surface area (Å²) in [5.41, 5.74) is 0. The zero-order chi connectivity index (χ0) is 38.3. The van der Waals surface area contributed by atoms with Crippen molar-refractivity contribution in [3.63, 3.8) is 0 Å². The zero-order valence-electron chi connectivity index (χ0n) is 36.3. The lowest BCUT2D eigenvalue weighted by molar-refractivity contribution is -0.146. The molecule has 0 aromatic heterocycles. The molecule has 1 atom stereocenters. The van der Waals surface area contributed by atoms with Gasteiger partial charge >= 0.3 is 11.9 Å². The fraction of sp³-hybridized carbons (Fsp3) is 0.957. The highest BCUT2D eigenvalue weighted by Gasteiger charge is 2.16. The largest absolute Gasteiger partial charge is 0.466 e. The minimum Gasteiger partial charge on any atom is -0.466 e. The highest BCUT2D eigenvalue weighted by atomic mass is 16.5. The molecule has 0 aromatic carbocycles. The molecule has 5 heteroatoms. The van der Waals surface area contributed by atoms with Crippen LogP contribution in [0.4, 0.5) is 0 Å². The zero-order valence-corrected chi connectivity index (χ0v) is 36.3. The Balaban J connectivity index is 4.04. The van der Waals surface area contributed by atoms with E-state index in [0.717, 1.165) is 25.3 Å². The molecule has 0 rings (SSSR count). The summed E-state index contributed by atoms with van der Waals surface area (Å²) in [5, 5.41) is 0. The fourth-order valence-corrected chi connectivity index (χ4v) is 7.77. The summed E-state index contributed by atoms with van der Waals surface area (Å²) in [6.45, 7) is 14.8. The van der Waals surface area contributed by atoms with Crippen molar-refractivity contribution >= 4 is 11.9 Å².